The Kier molecular flexibility index (Phi) is 1.96. The maximum Gasteiger partial charge on any atom is 0.131 e. The van der Waals surface area contributed by atoms with E-state index in [4.69, 9.17) is 5.73 Å². The van der Waals surface area contributed by atoms with E-state index >= 15 is 0 Å². The van der Waals surface area contributed by atoms with Crippen molar-refractivity contribution < 1.29 is 0 Å². The molecule has 2 N–H and O–H groups in total. The molecule has 1 heterocycles. The van der Waals surface area contributed by atoms with Gasteiger partial charge in [0.25, 0.3) is 0 Å². The molecule has 2 aromatic rings. The van der Waals surface area contributed by atoms with Crippen LogP contribution >= 0.6 is 15.9 Å². The third-order valence-electron chi connectivity index (χ3n) is 2.08. The van der Waals surface area contributed by atoms with Gasteiger partial charge in [0, 0.05) is 16.1 Å². The van der Waals surface area contributed by atoms with E-state index in [9.17, 15) is 0 Å². The summed E-state index contributed by atoms with van der Waals surface area (Å²) < 4.78 is 1.03. The van der Waals surface area contributed by atoms with E-state index in [2.05, 4.69) is 20.9 Å². The van der Waals surface area contributed by atoms with Crippen molar-refractivity contribution >= 4 is 32.5 Å². The summed E-state index contributed by atoms with van der Waals surface area (Å²) in [6.07, 6.45) is 1.80. The minimum Gasteiger partial charge on any atom is -0.383 e. The number of hydrogen-bond donors (Lipinski definition) is 1. The largest absolute Gasteiger partial charge is 0.383 e. The highest BCUT2D eigenvalue weighted by molar-refractivity contribution is 9.10. The molecule has 0 bridgehead atoms. The molecule has 3 heteroatoms. The molecule has 0 aliphatic carbocycles. The molecular formula is C10H9BrN2. The van der Waals surface area contributed by atoms with Gasteiger partial charge in [-0.15, -0.1) is 0 Å². The van der Waals surface area contributed by atoms with Crippen LogP contribution < -0.4 is 5.73 Å². The Labute approximate surface area is 84.9 Å². The maximum absolute atomic E-state index is 5.76. The molecule has 2 rings (SSSR count). The fraction of sp³-hybridized carbons (Fsp3) is 0.100. The number of nitrogens with zero attached hydrogens (tertiary/aromatic N) is 1. The average Bonchev–Trinajstić information content (AvgIpc) is 2.12. The van der Waals surface area contributed by atoms with Crippen molar-refractivity contribution in [2.45, 2.75) is 6.92 Å². The molecule has 0 aliphatic heterocycles. The average molecular weight is 237 g/mol. The van der Waals surface area contributed by atoms with Gasteiger partial charge in [-0.25, -0.2) is 4.98 Å². The third kappa shape index (κ3) is 1.40. The van der Waals surface area contributed by atoms with Crippen LogP contribution in [0, 0.1) is 6.92 Å². The van der Waals surface area contributed by atoms with E-state index in [1.54, 1.807) is 6.20 Å². The van der Waals surface area contributed by atoms with Gasteiger partial charge in [-0.1, -0.05) is 22.0 Å². The number of nitrogen functional groups attached to an aromatic ring is 1. The highest BCUT2D eigenvalue weighted by atomic mass is 79.9. The minimum absolute atomic E-state index is 0.585. The summed E-state index contributed by atoms with van der Waals surface area (Å²) in [7, 11) is 0. The van der Waals surface area contributed by atoms with Crippen LogP contribution in [-0.4, -0.2) is 4.98 Å². The van der Waals surface area contributed by atoms with Crippen LogP contribution in [0.25, 0.3) is 10.8 Å². The molecule has 2 nitrogen and oxygen atoms in total. The number of rotatable bonds is 0. The van der Waals surface area contributed by atoms with Gasteiger partial charge in [0.05, 0.1) is 0 Å². The first-order valence-electron chi connectivity index (χ1n) is 3.99. The normalized spacial score (nSPS) is 10.6. The third-order valence-corrected chi connectivity index (χ3v) is 2.57. The first-order valence-corrected chi connectivity index (χ1v) is 4.78. The van der Waals surface area contributed by atoms with Gasteiger partial charge in [0.2, 0.25) is 0 Å². The molecular weight excluding hydrogens is 228 g/mol. The van der Waals surface area contributed by atoms with Crippen molar-refractivity contribution in [3.63, 3.8) is 0 Å². The lowest BCUT2D eigenvalue weighted by atomic mass is 10.1. The highest BCUT2D eigenvalue weighted by Crippen LogP contribution is 2.25. The van der Waals surface area contributed by atoms with E-state index in [0.717, 1.165) is 20.8 Å². The SMILES string of the molecule is Cc1cnc(N)c2cc(Br)ccc12. The van der Waals surface area contributed by atoms with Crippen LogP contribution in [0.4, 0.5) is 5.82 Å². The van der Waals surface area contributed by atoms with Gasteiger partial charge < -0.3 is 5.73 Å². The molecule has 0 radical (unpaired) electrons. The molecule has 66 valence electrons. The molecule has 0 saturated heterocycles. The number of fused-ring (bicyclic) bond motifs is 1. The summed E-state index contributed by atoms with van der Waals surface area (Å²) >= 11 is 3.41. The number of pyridine rings is 1. The van der Waals surface area contributed by atoms with E-state index in [-0.39, 0.29) is 0 Å². The van der Waals surface area contributed by atoms with Crippen molar-refractivity contribution in [2.75, 3.05) is 5.73 Å². The Morgan fingerprint density at radius 2 is 2.08 bits per heavy atom. The van der Waals surface area contributed by atoms with Gasteiger partial charge in [-0.05, 0) is 30.0 Å². The fourth-order valence-electron chi connectivity index (χ4n) is 1.38. The summed E-state index contributed by atoms with van der Waals surface area (Å²) in [4.78, 5) is 4.10. The van der Waals surface area contributed by atoms with Crippen molar-refractivity contribution in [3.05, 3.63) is 34.4 Å². The first kappa shape index (κ1) is 8.51. The number of nitrogens with two attached hydrogens (primary N) is 1. The number of hydrogen-bond acceptors (Lipinski definition) is 2. The van der Waals surface area contributed by atoms with Crippen LogP contribution in [0.1, 0.15) is 5.56 Å². The second-order valence-corrected chi connectivity index (χ2v) is 3.93. The Bertz CT molecular complexity index is 466. The Morgan fingerprint density at radius 3 is 2.85 bits per heavy atom. The van der Waals surface area contributed by atoms with Crippen LogP contribution in [0.15, 0.2) is 28.9 Å². The molecule has 13 heavy (non-hydrogen) atoms. The van der Waals surface area contributed by atoms with Gasteiger partial charge in [-0.2, -0.15) is 0 Å². The van der Waals surface area contributed by atoms with Crippen molar-refractivity contribution in [2.24, 2.45) is 0 Å². The zero-order chi connectivity index (χ0) is 9.42. The number of aromatic nitrogens is 1. The zero-order valence-electron chi connectivity index (χ0n) is 7.21. The van der Waals surface area contributed by atoms with Gasteiger partial charge >= 0.3 is 0 Å². The molecule has 1 aromatic heterocycles. The summed E-state index contributed by atoms with van der Waals surface area (Å²) in [5, 5.41) is 2.17. The molecule has 0 fully saturated rings. The van der Waals surface area contributed by atoms with E-state index < -0.39 is 0 Å². The molecule has 0 saturated carbocycles. The maximum atomic E-state index is 5.76. The number of benzene rings is 1. The monoisotopic (exact) mass is 236 g/mol. The topological polar surface area (TPSA) is 38.9 Å². The summed E-state index contributed by atoms with van der Waals surface area (Å²) in [5.74, 6) is 0.585. The number of halogens is 1. The van der Waals surface area contributed by atoms with Crippen molar-refractivity contribution in [1.82, 2.24) is 4.98 Å². The lowest BCUT2D eigenvalue weighted by Crippen LogP contribution is -1.92. The van der Waals surface area contributed by atoms with Crippen molar-refractivity contribution in [1.29, 1.82) is 0 Å². The molecule has 0 spiro atoms. The quantitative estimate of drug-likeness (QED) is 0.765. The lowest BCUT2D eigenvalue weighted by molar-refractivity contribution is 1.31. The Balaban J connectivity index is 2.92. The van der Waals surface area contributed by atoms with Crippen LogP contribution in [0.3, 0.4) is 0 Å². The van der Waals surface area contributed by atoms with E-state index in [1.807, 2.05) is 25.1 Å². The van der Waals surface area contributed by atoms with Crippen molar-refractivity contribution in [3.8, 4) is 0 Å². The Hall–Kier alpha value is -1.09. The standard InChI is InChI=1S/C10H9BrN2/c1-6-5-13-10(12)9-4-7(11)2-3-8(6)9/h2-5H,1H3,(H2,12,13). The summed E-state index contributed by atoms with van der Waals surface area (Å²) in [6, 6.07) is 6.05. The molecule has 0 amide bonds. The highest BCUT2D eigenvalue weighted by Gasteiger charge is 2.01. The van der Waals surface area contributed by atoms with Crippen LogP contribution in [0.2, 0.25) is 0 Å². The smallest absolute Gasteiger partial charge is 0.131 e. The van der Waals surface area contributed by atoms with Gasteiger partial charge in [0.1, 0.15) is 5.82 Å². The van der Waals surface area contributed by atoms with Crippen LogP contribution in [0.5, 0.6) is 0 Å². The predicted molar refractivity (Wildman–Crippen MR) is 58.6 cm³/mol. The fourth-order valence-corrected chi connectivity index (χ4v) is 1.74. The number of anilines is 1. The zero-order valence-corrected chi connectivity index (χ0v) is 8.80. The van der Waals surface area contributed by atoms with Crippen LogP contribution in [-0.2, 0) is 0 Å². The van der Waals surface area contributed by atoms with E-state index in [0.29, 0.717) is 5.82 Å². The number of aryl methyl sites for hydroxylation is 1. The second kappa shape index (κ2) is 3.00. The minimum atomic E-state index is 0.585. The second-order valence-electron chi connectivity index (χ2n) is 3.02. The van der Waals surface area contributed by atoms with Gasteiger partial charge in [0.15, 0.2) is 0 Å². The van der Waals surface area contributed by atoms with E-state index in [1.165, 1.54) is 0 Å². The lowest BCUT2D eigenvalue weighted by Gasteiger charge is -2.04. The molecule has 0 atom stereocenters. The van der Waals surface area contributed by atoms with Gasteiger partial charge in [-0.3, -0.25) is 0 Å². The molecule has 1 aromatic carbocycles. The first-order chi connectivity index (χ1) is 6.18. The Morgan fingerprint density at radius 1 is 1.31 bits per heavy atom. The molecule has 0 unspecified atom stereocenters. The molecule has 0 aliphatic rings. The predicted octanol–water partition coefficient (Wildman–Crippen LogP) is 2.89. The summed E-state index contributed by atoms with van der Waals surface area (Å²) in [6.45, 7) is 2.03. The summed E-state index contributed by atoms with van der Waals surface area (Å²) in [5.41, 5.74) is 6.91.